The van der Waals surface area contributed by atoms with Crippen molar-refractivity contribution in [2.24, 2.45) is 5.41 Å². The molecule has 1 heterocycles. The van der Waals surface area contributed by atoms with E-state index < -0.39 is 9.84 Å². The van der Waals surface area contributed by atoms with E-state index in [1.807, 2.05) is 25.8 Å². The molecule has 5 heteroatoms. The van der Waals surface area contributed by atoms with Gasteiger partial charge in [0.25, 0.3) is 0 Å². The number of carbonyl (C=O) groups excluding carboxylic acids is 1. The van der Waals surface area contributed by atoms with Crippen molar-refractivity contribution in [2.45, 2.75) is 32.7 Å². The van der Waals surface area contributed by atoms with Crippen molar-refractivity contribution in [3.8, 4) is 0 Å². The van der Waals surface area contributed by atoms with Crippen LogP contribution in [0, 0.1) is 5.41 Å². The Morgan fingerprint density at radius 3 is 2.50 bits per heavy atom. The molecule has 0 aromatic heterocycles. The Morgan fingerprint density at radius 1 is 1.50 bits per heavy atom. The van der Waals surface area contributed by atoms with Gasteiger partial charge < -0.3 is 9.69 Å². The van der Waals surface area contributed by atoms with Crippen molar-refractivity contribution in [1.29, 1.82) is 0 Å². The Hall–Kier alpha value is -0.420. The normalized spacial score (nSPS) is 27.9. The summed E-state index contributed by atoms with van der Waals surface area (Å²) >= 11 is 0. The fraction of sp³-hybridized carbons (Fsp3) is 0.909. The molecular weight excluding hydrogens is 226 g/mol. The van der Waals surface area contributed by atoms with E-state index in [1.54, 1.807) is 0 Å². The summed E-state index contributed by atoms with van der Waals surface area (Å²) in [5, 5.41) is 0. The first kappa shape index (κ1) is 13.6. The van der Waals surface area contributed by atoms with Crippen LogP contribution in [-0.4, -0.2) is 50.7 Å². The first-order valence-corrected chi connectivity index (χ1v) is 7.51. The maximum absolute atomic E-state index is 11.4. The smallest absolute Gasteiger partial charge is 0.151 e. The monoisotopic (exact) mass is 247 g/mol. The maximum atomic E-state index is 11.4. The molecule has 4 nitrogen and oxygen atoms in total. The average molecular weight is 247 g/mol. The number of hydrogen-bond acceptors (Lipinski definition) is 4. The van der Waals surface area contributed by atoms with Gasteiger partial charge in [0.15, 0.2) is 9.84 Å². The Kier molecular flexibility index (Phi) is 4.12. The number of carbonyl (C=O) groups is 1. The van der Waals surface area contributed by atoms with Crippen molar-refractivity contribution < 1.29 is 13.2 Å². The summed E-state index contributed by atoms with van der Waals surface area (Å²) in [4.78, 5) is 13.0. The summed E-state index contributed by atoms with van der Waals surface area (Å²) in [6.45, 7) is 4.53. The van der Waals surface area contributed by atoms with Gasteiger partial charge in [0.2, 0.25) is 0 Å². The van der Waals surface area contributed by atoms with Crippen LogP contribution in [-0.2, 0) is 14.6 Å². The van der Waals surface area contributed by atoms with Crippen LogP contribution in [0.25, 0.3) is 0 Å². The van der Waals surface area contributed by atoms with Crippen molar-refractivity contribution in [2.75, 3.05) is 25.1 Å². The minimum atomic E-state index is -2.84. The summed E-state index contributed by atoms with van der Waals surface area (Å²) in [7, 11) is -0.934. The summed E-state index contributed by atoms with van der Waals surface area (Å²) in [5.74, 6) is 0.522. The molecule has 0 radical (unpaired) electrons. The zero-order chi connectivity index (χ0) is 12.4. The molecule has 1 fully saturated rings. The Labute approximate surface area is 97.9 Å². The van der Waals surface area contributed by atoms with Gasteiger partial charge in [-0.25, -0.2) is 8.42 Å². The zero-order valence-corrected chi connectivity index (χ0v) is 11.1. The maximum Gasteiger partial charge on any atom is 0.151 e. The first-order chi connectivity index (χ1) is 7.32. The third-order valence-electron chi connectivity index (χ3n) is 3.53. The van der Waals surface area contributed by atoms with Gasteiger partial charge in [0.1, 0.15) is 6.29 Å². The minimum absolute atomic E-state index is 0.0795. The molecular formula is C11H21NO3S. The molecule has 1 aliphatic rings. The fourth-order valence-corrected chi connectivity index (χ4v) is 3.86. The summed E-state index contributed by atoms with van der Waals surface area (Å²) in [5.41, 5.74) is -0.360. The lowest BCUT2D eigenvalue weighted by molar-refractivity contribution is -0.116. The fourth-order valence-electron chi connectivity index (χ4n) is 2.05. The van der Waals surface area contributed by atoms with Crippen LogP contribution in [0.15, 0.2) is 0 Å². The Balaban J connectivity index is 2.60. The molecule has 0 saturated carbocycles. The average Bonchev–Trinajstić information content (AvgIpc) is 2.58. The molecule has 94 valence electrons. The van der Waals surface area contributed by atoms with Crippen LogP contribution >= 0.6 is 0 Å². The van der Waals surface area contributed by atoms with E-state index in [2.05, 4.69) is 0 Å². The minimum Gasteiger partial charge on any atom is -0.303 e. The molecule has 16 heavy (non-hydrogen) atoms. The summed E-state index contributed by atoms with van der Waals surface area (Å²) in [6, 6.07) is 0.0795. The highest BCUT2D eigenvalue weighted by atomic mass is 32.2. The van der Waals surface area contributed by atoms with Crippen LogP contribution in [0.4, 0.5) is 0 Å². The van der Waals surface area contributed by atoms with Crippen LogP contribution in [0.2, 0.25) is 0 Å². The van der Waals surface area contributed by atoms with E-state index in [1.165, 1.54) is 0 Å². The van der Waals surface area contributed by atoms with E-state index >= 15 is 0 Å². The topological polar surface area (TPSA) is 54.5 Å². The molecule has 1 saturated heterocycles. The van der Waals surface area contributed by atoms with Gasteiger partial charge in [-0.05, 0) is 19.9 Å². The summed E-state index contributed by atoms with van der Waals surface area (Å²) in [6.07, 6.45) is 2.45. The quantitative estimate of drug-likeness (QED) is 0.672. The molecule has 0 spiro atoms. The number of rotatable bonds is 5. The molecule has 0 amide bonds. The number of hydrogen-bond donors (Lipinski definition) is 0. The number of aldehydes is 1. The molecule has 0 bridgehead atoms. The van der Waals surface area contributed by atoms with Crippen molar-refractivity contribution in [1.82, 2.24) is 4.90 Å². The van der Waals surface area contributed by atoms with E-state index in [0.717, 1.165) is 12.7 Å². The second kappa shape index (κ2) is 4.84. The van der Waals surface area contributed by atoms with Gasteiger partial charge in [-0.3, -0.25) is 0 Å². The van der Waals surface area contributed by atoms with Crippen molar-refractivity contribution >= 4 is 16.1 Å². The molecule has 0 aromatic carbocycles. The van der Waals surface area contributed by atoms with Crippen molar-refractivity contribution in [3.05, 3.63) is 0 Å². The lowest BCUT2D eigenvalue weighted by atomic mass is 9.88. The lowest BCUT2D eigenvalue weighted by Gasteiger charge is -2.31. The molecule has 2 unspecified atom stereocenters. The largest absolute Gasteiger partial charge is 0.303 e. The molecule has 0 N–H and O–H groups in total. The standard InChI is InChI=1S/C11H21NO3S/c1-4-11(2,9-13)8-12(3)10-5-6-16(14,15)7-10/h9-10H,4-8H2,1-3H3. The second-order valence-corrected chi connectivity index (χ2v) is 7.33. The summed E-state index contributed by atoms with van der Waals surface area (Å²) < 4.78 is 22.7. The highest BCUT2D eigenvalue weighted by Crippen LogP contribution is 2.23. The van der Waals surface area contributed by atoms with Crippen LogP contribution in [0.1, 0.15) is 26.7 Å². The third kappa shape index (κ3) is 3.28. The van der Waals surface area contributed by atoms with E-state index in [0.29, 0.717) is 13.0 Å². The predicted molar refractivity (Wildman–Crippen MR) is 64.2 cm³/mol. The van der Waals surface area contributed by atoms with Crippen LogP contribution in [0.3, 0.4) is 0 Å². The van der Waals surface area contributed by atoms with Gasteiger partial charge in [0, 0.05) is 18.0 Å². The van der Waals surface area contributed by atoms with E-state index in [4.69, 9.17) is 0 Å². The molecule has 2 atom stereocenters. The molecule has 0 aromatic rings. The highest BCUT2D eigenvalue weighted by Gasteiger charge is 2.33. The highest BCUT2D eigenvalue weighted by molar-refractivity contribution is 7.91. The number of sulfone groups is 1. The Morgan fingerprint density at radius 2 is 2.12 bits per heavy atom. The van der Waals surface area contributed by atoms with Gasteiger partial charge in [-0.15, -0.1) is 0 Å². The second-order valence-electron chi connectivity index (χ2n) is 5.10. The van der Waals surface area contributed by atoms with E-state index in [9.17, 15) is 13.2 Å². The zero-order valence-electron chi connectivity index (χ0n) is 10.3. The molecule has 0 aliphatic carbocycles. The lowest BCUT2D eigenvalue weighted by Crippen LogP contribution is -2.41. The first-order valence-electron chi connectivity index (χ1n) is 5.69. The molecule has 1 rings (SSSR count). The van der Waals surface area contributed by atoms with Gasteiger partial charge in [-0.2, -0.15) is 0 Å². The Bertz CT molecular complexity index is 352. The van der Waals surface area contributed by atoms with Gasteiger partial charge >= 0.3 is 0 Å². The number of nitrogens with zero attached hydrogens (tertiary/aromatic N) is 1. The van der Waals surface area contributed by atoms with Crippen molar-refractivity contribution in [3.63, 3.8) is 0 Å². The van der Waals surface area contributed by atoms with Crippen LogP contribution < -0.4 is 0 Å². The van der Waals surface area contributed by atoms with E-state index in [-0.39, 0.29) is 23.0 Å². The molecule has 1 aliphatic heterocycles. The van der Waals surface area contributed by atoms with Crippen LogP contribution in [0.5, 0.6) is 0 Å². The third-order valence-corrected chi connectivity index (χ3v) is 5.28. The van der Waals surface area contributed by atoms with Gasteiger partial charge in [-0.1, -0.05) is 13.8 Å². The van der Waals surface area contributed by atoms with Gasteiger partial charge in [0.05, 0.1) is 11.5 Å². The SMILES string of the molecule is CCC(C)(C=O)CN(C)C1CCS(=O)(=O)C1. The predicted octanol–water partition coefficient (Wildman–Crippen LogP) is 0.721.